The van der Waals surface area contributed by atoms with Crippen molar-refractivity contribution in [1.82, 2.24) is 0 Å². The van der Waals surface area contributed by atoms with Crippen molar-refractivity contribution in [3.63, 3.8) is 0 Å². The van der Waals surface area contributed by atoms with Gasteiger partial charge in [0.1, 0.15) is 55.4 Å². The van der Waals surface area contributed by atoms with E-state index in [0.717, 1.165) is 51.4 Å². The monoisotopic (exact) mass is 945 g/mol. The lowest BCUT2D eigenvalue weighted by Gasteiger charge is -2.42. The van der Waals surface area contributed by atoms with Gasteiger partial charge in [0.2, 0.25) is 0 Å². The summed E-state index contributed by atoms with van der Waals surface area (Å²) in [7, 11) is 0. The summed E-state index contributed by atoms with van der Waals surface area (Å²) >= 11 is 0. The van der Waals surface area contributed by atoms with E-state index in [-0.39, 0.29) is 19.4 Å². The molecule has 4 unspecified atom stereocenters. The summed E-state index contributed by atoms with van der Waals surface area (Å²) in [5, 5.41) is 72.0. The van der Waals surface area contributed by atoms with Crippen LogP contribution in [0, 0.1) is 0 Å². The number of carbonyl (C=O) groups is 2. The smallest absolute Gasteiger partial charge is 0.306 e. The largest absolute Gasteiger partial charge is 0.462 e. The number of hydrogen-bond donors (Lipinski definition) is 7. The maximum atomic E-state index is 13.0. The minimum absolute atomic E-state index is 0.0823. The summed E-state index contributed by atoms with van der Waals surface area (Å²) in [4.78, 5) is 25.7. The Bertz CT molecular complexity index is 1250. The first-order valence-corrected chi connectivity index (χ1v) is 25.9. The van der Waals surface area contributed by atoms with E-state index in [9.17, 15) is 45.3 Å². The van der Waals surface area contributed by atoms with Crippen molar-refractivity contribution in [2.24, 2.45) is 0 Å². The first-order chi connectivity index (χ1) is 32.0. The fraction of sp³-hybridized carbons (Fsp3) is 0.882. The van der Waals surface area contributed by atoms with Gasteiger partial charge in [0.15, 0.2) is 18.7 Å². The van der Waals surface area contributed by atoms with Gasteiger partial charge in [-0.3, -0.25) is 9.59 Å². The van der Waals surface area contributed by atoms with Crippen molar-refractivity contribution < 1.29 is 73.8 Å². The molecular formula is C51H92O15. The van der Waals surface area contributed by atoms with Crippen LogP contribution in [0.1, 0.15) is 194 Å². The first kappa shape index (κ1) is 60.1. The van der Waals surface area contributed by atoms with Crippen molar-refractivity contribution >= 4 is 11.9 Å². The Morgan fingerprint density at radius 3 is 1.39 bits per heavy atom. The van der Waals surface area contributed by atoms with E-state index in [1.165, 1.54) is 103 Å². The van der Waals surface area contributed by atoms with Gasteiger partial charge in [-0.15, -0.1) is 0 Å². The van der Waals surface area contributed by atoms with Gasteiger partial charge < -0.3 is 64.2 Å². The number of aliphatic hydroxyl groups is 7. The molecule has 0 saturated carbocycles. The third kappa shape index (κ3) is 26.7. The van der Waals surface area contributed by atoms with Gasteiger partial charge >= 0.3 is 11.9 Å². The van der Waals surface area contributed by atoms with Gasteiger partial charge in [-0.2, -0.15) is 0 Å². The molecule has 0 aromatic rings. The third-order valence-corrected chi connectivity index (χ3v) is 12.4. The molecular weight excluding hydrogens is 853 g/mol. The van der Waals surface area contributed by atoms with Crippen LogP contribution in [0.25, 0.3) is 0 Å². The molecule has 2 aliphatic heterocycles. The highest BCUT2D eigenvalue weighted by Crippen LogP contribution is 2.26. The Balaban J connectivity index is 1.83. The average Bonchev–Trinajstić information content (AvgIpc) is 3.31. The molecule has 66 heavy (non-hydrogen) atoms. The minimum atomic E-state index is -1.77. The number of carbonyl (C=O) groups excluding carboxylic acids is 2. The van der Waals surface area contributed by atoms with Gasteiger partial charge in [-0.1, -0.05) is 154 Å². The van der Waals surface area contributed by atoms with Gasteiger partial charge in [-0.05, 0) is 51.4 Å². The molecule has 0 amide bonds. The Hall–Kier alpha value is -2.02. The van der Waals surface area contributed by atoms with Crippen LogP contribution in [0.3, 0.4) is 0 Å². The highest BCUT2D eigenvalue weighted by molar-refractivity contribution is 5.70. The van der Waals surface area contributed by atoms with E-state index in [0.29, 0.717) is 12.8 Å². The summed E-state index contributed by atoms with van der Waals surface area (Å²) in [6.07, 6.45) is 22.2. The zero-order chi connectivity index (χ0) is 48.2. The van der Waals surface area contributed by atoms with Crippen molar-refractivity contribution in [2.75, 3.05) is 26.4 Å². The van der Waals surface area contributed by atoms with E-state index < -0.39 is 99.3 Å². The SMILES string of the molecule is CCCCCCCC/C=C/CCCCCCCC(=O)OC[C@H](CO[C@@H]1O[C@H](CO[C@@H]2O[C@H](CO)[C@H](O)C(O)C2O)[C@H](O)C(O)C1O)OC(=O)CC/C=C/CCCCCCCCCCCCC. The molecule has 0 radical (unpaired) electrons. The van der Waals surface area contributed by atoms with E-state index in [4.69, 9.17) is 28.4 Å². The summed E-state index contributed by atoms with van der Waals surface area (Å²) < 4.78 is 33.5. The fourth-order valence-corrected chi connectivity index (χ4v) is 8.11. The molecule has 11 atom stereocenters. The van der Waals surface area contributed by atoms with E-state index in [1.807, 2.05) is 6.08 Å². The quantitative estimate of drug-likeness (QED) is 0.0184. The molecule has 2 fully saturated rings. The molecule has 15 nitrogen and oxygen atoms in total. The van der Waals surface area contributed by atoms with Gasteiger partial charge in [-0.25, -0.2) is 0 Å². The zero-order valence-corrected chi connectivity index (χ0v) is 40.7. The lowest BCUT2D eigenvalue weighted by molar-refractivity contribution is -0.332. The molecule has 2 aliphatic rings. The van der Waals surface area contributed by atoms with Crippen LogP contribution in [0.2, 0.25) is 0 Å². The molecule has 0 spiro atoms. The Morgan fingerprint density at radius 1 is 0.470 bits per heavy atom. The predicted octanol–water partition coefficient (Wildman–Crippen LogP) is 7.16. The number of allylic oxidation sites excluding steroid dienone is 4. The van der Waals surface area contributed by atoms with Crippen LogP contribution in [-0.2, 0) is 38.0 Å². The molecule has 0 aromatic carbocycles. The van der Waals surface area contributed by atoms with Gasteiger partial charge in [0.25, 0.3) is 0 Å². The van der Waals surface area contributed by atoms with E-state index in [1.54, 1.807) is 0 Å². The second kappa shape index (κ2) is 38.8. The van der Waals surface area contributed by atoms with E-state index in [2.05, 4.69) is 32.1 Å². The lowest BCUT2D eigenvalue weighted by atomic mass is 9.98. The van der Waals surface area contributed by atoms with Crippen molar-refractivity contribution in [1.29, 1.82) is 0 Å². The normalized spacial score (nSPS) is 26.3. The highest BCUT2D eigenvalue weighted by Gasteiger charge is 2.47. The fourth-order valence-electron chi connectivity index (χ4n) is 8.11. The molecule has 7 N–H and O–H groups in total. The van der Waals surface area contributed by atoms with Crippen LogP contribution in [-0.4, -0.2) is 142 Å². The van der Waals surface area contributed by atoms with Gasteiger partial charge in [0, 0.05) is 12.8 Å². The number of rotatable bonds is 40. The highest BCUT2D eigenvalue weighted by atomic mass is 16.7. The maximum absolute atomic E-state index is 13.0. The second-order valence-corrected chi connectivity index (χ2v) is 18.3. The van der Waals surface area contributed by atoms with Crippen molar-refractivity contribution in [3.05, 3.63) is 24.3 Å². The third-order valence-electron chi connectivity index (χ3n) is 12.4. The molecule has 2 heterocycles. The van der Waals surface area contributed by atoms with Crippen LogP contribution >= 0.6 is 0 Å². The predicted molar refractivity (Wildman–Crippen MR) is 252 cm³/mol. The Labute approximate surface area is 396 Å². The number of hydrogen-bond acceptors (Lipinski definition) is 15. The molecule has 2 rings (SSSR count). The summed E-state index contributed by atoms with van der Waals surface area (Å²) in [6, 6.07) is 0. The van der Waals surface area contributed by atoms with Crippen LogP contribution < -0.4 is 0 Å². The molecule has 2 saturated heterocycles. The zero-order valence-electron chi connectivity index (χ0n) is 40.7. The number of ether oxygens (including phenoxy) is 6. The number of unbranched alkanes of at least 4 members (excludes halogenated alkanes) is 22. The van der Waals surface area contributed by atoms with Crippen LogP contribution in [0.15, 0.2) is 24.3 Å². The Morgan fingerprint density at radius 2 is 0.894 bits per heavy atom. The second-order valence-electron chi connectivity index (χ2n) is 18.3. The number of aliphatic hydroxyl groups excluding tert-OH is 7. The van der Waals surface area contributed by atoms with E-state index >= 15 is 0 Å². The maximum Gasteiger partial charge on any atom is 0.306 e. The summed E-state index contributed by atoms with van der Waals surface area (Å²) in [6.45, 7) is 2.55. The minimum Gasteiger partial charge on any atom is -0.462 e. The van der Waals surface area contributed by atoms with Gasteiger partial charge in [0.05, 0.1) is 19.8 Å². The molecule has 0 aliphatic carbocycles. The lowest BCUT2D eigenvalue weighted by Crippen LogP contribution is -2.61. The standard InChI is InChI=1S/C51H92O15/c1-3-5-7-9-11-13-15-17-19-21-23-25-27-29-31-33-42(53)61-36-39(64-43(54)34-32-30-28-26-24-22-20-18-16-14-12-10-8-6-4-2)37-62-50-49(60)47(58)45(56)41(66-50)38-63-51-48(59)46(57)44(55)40(35-52)65-51/h17,19,28,30,39-41,44-52,55-60H,3-16,18,20-27,29,31-38H2,1-2H3/b19-17+,30-28+/t39-,40-,41-,44+,45+,46?,47?,48?,49?,50-,51-/m1/s1. The number of esters is 2. The molecule has 0 bridgehead atoms. The molecule has 386 valence electrons. The van der Waals surface area contributed by atoms with Crippen LogP contribution in [0.4, 0.5) is 0 Å². The van der Waals surface area contributed by atoms with Crippen molar-refractivity contribution in [2.45, 2.75) is 261 Å². The van der Waals surface area contributed by atoms with Crippen LogP contribution in [0.5, 0.6) is 0 Å². The average molecular weight is 945 g/mol. The Kier molecular flexibility index (Phi) is 35.3. The first-order valence-electron chi connectivity index (χ1n) is 25.9. The summed E-state index contributed by atoms with van der Waals surface area (Å²) in [5.41, 5.74) is 0. The molecule has 0 aromatic heterocycles. The van der Waals surface area contributed by atoms with Crippen molar-refractivity contribution in [3.8, 4) is 0 Å². The molecule has 15 heteroatoms. The summed E-state index contributed by atoms with van der Waals surface area (Å²) in [5.74, 6) is -0.987. The topological polar surface area (TPSA) is 231 Å².